The molecule has 2 aromatic heterocycles. The van der Waals surface area contributed by atoms with Crippen molar-refractivity contribution in [2.24, 2.45) is 5.92 Å². The second-order valence-corrected chi connectivity index (χ2v) is 6.23. The van der Waals surface area contributed by atoms with Gasteiger partial charge >= 0.3 is 0 Å². The normalized spacial score (nSPS) is 24.3. The summed E-state index contributed by atoms with van der Waals surface area (Å²) in [5, 5.41) is 7.02. The highest BCUT2D eigenvalue weighted by molar-refractivity contribution is 7.16. The molecule has 96 valence electrons. The van der Waals surface area contributed by atoms with E-state index >= 15 is 0 Å². The van der Waals surface area contributed by atoms with Gasteiger partial charge in [-0.15, -0.1) is 11.3 Å². The molecule has 0 bridgehead atoms. The molecule has 2 aromatic rings. The predicted molar refractivity (Wildman–Crippen MR) is 77.5 cm³/mol. The number of hydrogen-bond acceptors (Lipinski definition) is 4. The summed E-state index contributed by atoms with van der Waals surface area (Å²) in [5.41, 5.74) is 0. The lowest BCUT2D eigenvalue weighted by Crippen LogP contribution is -2.30. The standard InChI is InChI=1S/C13H16ClN3S/c1-8-4-2-3-5-10(8)15-11-9-6-7-18-12(9)17-13(14)16-11/h6-8,10H,2-5H2,1H3,(H,15,16,17). The molecule has 1 aliphatic carbocycles. The lowest BCUT2D eigenvalue weighted by Gasteiger charge is -2.30. The maximum Gasteiger partial charge on any atom is 0.225 e. The molecule has 3 nitrogen and oxygen atoms in total. The molecule has 1 N–H and O–H groups in total. The van der Waals surface area contributed by atoms with Crippen molar-refractivity contribution in [2.45, 2.75) is 38.6 Å². The van der Waals surface area contributed by atoms with Crippen LogP contribution in [-0.2, 0) is 0 Å². The minimum atomic E-state index is 0.330. The average molecular weight is 282 g/mol. The van der Waals surface area contributed by atoms with E-state index in [1.54, 1.807) is 11.3 Å². The molecule has 0 spiro atoms. The Balaban J connectivity index is 1.91. The number of nitrogens with zero attached hydrogens (tertiary/aromatic N) is 2. The van der Waals surface area contributed by atoms with E-state index in [4.69, 9.17) is 11.6 Å². The Hall–Kier alpha value is -0.870. The quantitative estimate of drug-likeness (QED) is 0.833. The third-order valence-electron chi connectivity index (χ3n) is 3.73. The number of aromatic nitrogens is 2. The van der Waals surface area contributed by atoms with Gasteiger partial charge in [0.25, 0.3) is 0 Å². The highest BCUT2D eigenvalue weighted by Gasteiger charge is 2.22. The molecule has 3 rings (SSSR count). The predicted octanol–water partition coefficient (Wildman–Crippen LogP) is 4.34. The first-order valence-electron chi connectivity index (χ1n) is 6.41. The summed E-state index contributed by atoms with van der Waals surface area (Å²) in [4.78, 5) is 9.55. The first-order valence-corrected chi connectivity index (χ1v) is 7.67. The molecule has 0 amide bonds. The Morgan fingerprint density at radius 2 is 2.17 bits per heavy atom. The van der Waals surface area contributed by atoms with Crippen molar-refractivity contribution in [3.05, 3.63) is 16.7 Å². The molecule has 2 heterocycles. The van der Waals surface area contributed by atoms with Gasteiger partial charge in [0, 0.05) is 6.04 Å². The van der Waals surface area contributed by atoms with Gasteiger partial charge in [0.2, 0.25) is 5.28 Å². The van der Waals surface area contributed by atoms with Crippen LogP contribution in [0.1, 0.15) is 32.6 Å². The average Bonchev–Trinajstić information content (AvgIpc) is 2.80. The highest BCUT2D eigenvalue weighted by atomic mass is 35.5. The second kappa shape index (κ2) is 5.02. The van der Waals surface area contributed by atoms with Gasteiger partial charge in [-0.3, -0.25) is 0 Å². The Bertz CT molecular complexity index is 554. The largest absolute Gasteiger partial charge is 0.366 e. The first kappa shape index (κ1) is 12.2. The van der Waals surface area contributed by atoms with Gasteiger partial charge < -0.3 is 5.32 Å². The summed E-state index contributed by atoms with van der Waals surface area (Å²) in [6.45, 7) is 2.31. The molecule has 1 saturated carbocycles. The highest BCUT2D eigenvalue weighted by Crippen LogP contribution is 2.31. The van der Waals surface area contributed by atoms with Crippen molar-refractivity contribution < 1.29 is 0 Å². The molecule has 2 atom stereocenters. The first-order chi connectivity index (χ1) is 8.74. The van der Waals surface area contributed by atoms with Gasteiger partial charge in [-0.1, -0.05) is 19.8 Å². The Morgan fingerprint density at radius 3 is 3.00 bits per heavy atom. The molecule has 0 aromatic carbocycles. The number of fused-ring (bicyclic) bond motifs is 1. The van der Waals surface area contributed by atoms with Crippen LogP contribution in [0.5, 0.6) is 0 Å². The van der Waals surface area contributed by atoms with E-state index in [1.165, 1.54) is 25.7 Å². The fourth-order valence-corrected chi connectivity index (χ4v) is 3.63. The van der Waals surface area contributed by atoms with Crippen LogP contribution >= 0.6 is 22.9 Å². The smallest absolute Gasteiger partial charge is 0.225 e. The monoisotopic (exact) mass is 281 g/mol. The maximum atomic E-state index is 5.98. The summed E-state index contributed by atoms with van der Waals surface area (Å²) in [5.74, 6) is 1.59. The lowest BCUT2D eigenvalue weighted by molar-refractivity contribution is 0.349. The summed E-state index contributed by atoms with van der Waals surface area (Å²) < 4.78 is 0. The third-order valence-corrected chi connectivity index (χ3v) is 4.71. The van der Waals surface area contributed by atoms with Crippen LogP contribution in [0, 0.1) is 5.92 Å². The molecule has 1 aliphatic rings. The Labute approximate surface area is 116 Å². The van der Waals surface area contributed by atoms with Gasteiger partial charge in [0.05, 0.1) is 5.39 Å². The maximum absolute atomic E-state index is 5.98. The Kier molecular flexibility index (Phi) is 3.39. The fraction of sp³-hybridized carbons (Fsp3) is 0.538. The summed E-state index contributed by atoms with van der Waals surface area (Å²) in [6.07, 6.45) is 5.16. The van der Waals surface area contributed by atoms with Crippen molar-refractivity contribution in [1.82, 2.24) is 9.97 Å². The molecule has 5 heteroatoms. The number of hydrogen-bond donors (Lipinski definition) is 1. The molecule has 0 aliphatic heterocycles. The summed E-state index contributed by atoms with van der Waals surface area (Å²) in [6, 6.07) is 2.57. The van der Waals surface area contributed by atoms with Crippen LogP contribution in [0.2, 0.25) is 5.28 Å². The number of nitrogens with one attached hydrogen (secondary N) is 1. The van der Waals surface area contributed by atoms with Gasteiger partial charge in [0.15, 0.2) is 0 Å². The Morgan fingerprint density at radius 1 is 1.33 bits per heavy atom. The molecule has 1 fully saturated rings. The molecule has 0 saturated heterocycles. The minimum absolute atomic E-state index is 0.330. The van der Waals surface area contributed by atoms with Crippen LogP contribution in [0.15, 0.2) is 11.4 Å². The summed E-state index contributed by atoms with van der Waals surface area (Å²) >= 11 is 7.58. The zero-order valence-electron chi connectivity index (χ0n) is 10.3. The topological polar surface area (TPSA) is 37.8 Å². The number of anilines is 1. The zero-order chi connectivity index (χ0) is 12.5. The van der Waals surface area contributed by atoms with E-state index in [1.807, 2.05) is 5.38 Å². The molecular weight excluding hydrogens is 266 g/mol. The van der Waals surface area contributed by atoms with Crippen molar-refractivity contribution in [3.63, 3.8) is 0 Å². The summed E-state index contributed by atoms with van der Waals surface area (Å²) in [7, 11) is 0. The van der Waals surface area contributed by atoms with Crippen LogP contribution in [0.3, 0.4) is 0 Å². The van der Waals surface area contributed by atoms with E-state index in [2.05, 4.69) is 28.3 Å². The minimum Gasteiger partial charge on any atom is -0.366 e. The van der Waals surface area contributed by atoms with E-state index in [-0.39, 0.29) is 0 Å². The van der Waals surface area contributed by atoms with Gasteiger partial charge in [-0.05, 0) is 41.8 Å². The van der Waals surface area contributed by atoms with E-state index in [0.29, 0.717) is 17.2 Å². The SMILES string of the molecule is CC1CCCCC1Nc1nc(Cl)nc2sccc12. The van der Waals surface area contributed by atoms with Crippen molar-refractivity contribution in [2.75, 3.05) is 5.32 Å². The van der Waals surface area contributed by atoms with Gasteiger partial charge in [0.1, 0.15) is 10.6 Å². The third kappa shape index (κ3) is 2.31. The van der Waals surface area contributed by atoms with Crippen molar-refractivity contribution >= 4 is 39.0 Å². The number of thiophene rings is 1. The van der Waals surface area contributed by atoms with E-state index in [9.17, 15) is 0 Å². The van der Waals surface area contributed by atoms with Gasteiger partial charge in [-0.25, -0.2) is 9.97 Å². The van der Waals surface area contributed by atoms with Crippen molar-refractivity contribution in [1.29, 1.82) is 0 Å². The molecule has 18 heavy (non-hydrogen) atoms. The van der Waals surface area contributed by atoms with Crippen LogP contribution in [0.25, 0.3) is 10.2 Å². The van der Waals surface area contributed by atoms with E-state index < -0.39 is 0 Å². The van der Waals surface area contributed by atoms with Crippen LogP contribution < -0.4 is 5.32 Å². The number of rotatable bonds is 2. The molecule has 2 unspecified atom stereocenters. The zero-order valence-corrected chi connectivity index (χ0v) is 11.9. The van der Waals surface area contributed by atoms with Crippen LogP contribution in [0.4, 0.5) is 5.82 Å². The van der Waals surface area contributed by atoms with E-state index in [0.717, 1.165) is 16.0 Å². The van der Waals surface area contributed by atoms with Gasteiger partial charge in [-0.2, -0.15) is 0 Å². The molecular formula is C13H16ClN3S. The van der Waals surface area contributed by atoms with Crippen molar-refractivity contribution in [3.8, 4) is 0 Å². The lowest BCUT2D eigenvalue weighted by atomic mass is 9.86. The van der Waals surface area contributed by atoms with Crippen LogP contribution in [-0.4, -0.2) is 16.0 Å². The second-order valence-electron chi connectivity index (χ2n) is 4.99. The number of halogens is 1. The fourth-order valence-electron chi connectivity index (χ4n) is 2.65. The molecule has 0 radical (unpaired) electrons.